The molecule has 1 aliphatic heterocycles. The molecule has 0 spiro atoms. The number of aryl methyl sites for hydroxylation is 1. The molecule has 1 aliphatic carbocycles. The molecule has 0 saturated heterocycles. The molecule has 0 unspecified atom stereocenters. The molecule has 29 heavy (non-hydrogen) atoms. The average molecular weight is 401 g/mol. The van der Waals surface area contributed by atoms with Crippen LogP contribution in [0.5, 0.6) is 0 Å². The number of hydrogen-bond donors (Lipinski definition) is 3. The first kappa shape index (κ1) is 20.9. The fraction of sp³-hybridized carbons (Fsp3) is 0.476. The van der Waals surface area contributed by atoms with Crippen LogP contribution < -0.4 is 10.6 Å². The zero-order valence-corrected chi connectivity index (χ0v) is 16.8. The number of ether oxygens (including phenoxy) is 1. The molecular weight excluding hydrogens is 374 g/mol. The van der Waals surface area contributed by atoms with Crippen LogP contribution >= 0.6 is 0 Å². The Morgan fingerprint density at radius 2 is 2.00 bits per heavy atom. The van der Waals surface area contributed by atoms with Crippen LogP contribution in [0.2, 0.25) is 0 Å². The molecule has 1 heterocycles. The van der Waals surface area contributed by atoms with Crippen molar-refractivity contribution >= 4 is 29.2 Å². The van der Waals surface area contributed by atoms with Crippen molar-refractivity contribution in [3.63, 3.8) is 0 Å². The van der Waals surface area contributed by atoms with Crippen LogP contribution in [0.15, 0.2) is 29.5 Å². The number of carbonyl (C=O) groups is 3. The van der Waals surface area contributed by atoms with Crippen molar-refractivity contribution in [3.8, 4) is 0 Å². The fourth-order valence-corrected chi connectivity index (χ4v) is 3.80. The molecule has 2 amide bonds. The van der Waals surface area contributed by atoms with Crippen molar-refractivity contribution in [2.75, 3.05) is 37.4 Å². The van der Waals surface area contributed by atoms with Gasteiger partial charge in [0, 0.05) is 23.8 Å². The third-order valence-electron chi connectivity index (χ3n) is 5.43. The van der Waals surface area contributed by atoms with E-state index in [1.165, 1.54) is 12.0 Å². The highest BCUT2D eigenvalue weighted by Gasteiger charge is 2.34. The number of aliphatic hydroxyl groups is 1. The van der Waals surface area contributed by atoms with E-state index < -0.39 is 5.97 Å². The number of methoxy groups -OCH3 is 1. The van der Waals surface area contributed by atoms with Crippen molar-refractivity contribution in [1.82, 2.24) is 4.90 Å². The molecule has 2 aliphatic rings. The number of benzene rings is 1. The van der Waals surface area contributed by atoms with E-state index in [1.54, 1.807) is 12.1 Å². The summed E-state index contributed by atoms with van der Waals surface area (Å²) in [5, 5.41) is 15.1. The third-order valence-corrected chi connectivity index (χ3v) is 5.43. The summed E-state index contributed by atoms with van der Waals surface area (Å²) in [6.07, 6.45) is 4.06. The fourth-order valence-electron chi connectivity index (χ4n) is 3.80. The van der Waals surface area contributed by atoms with Gasteiger partial charge < -0.3 is 25.4 Å². The van der Waals surface area contributed by atoms with Gasteiger partial charge in [0.25, 0.3) is 5.91 Å². The molecular formula is C21H27N3O5. The molecule has 3 rings (SSSR count). The number of aliphatic hydroxyl groups excluding tert-OH is 1. The van der Waals surface area contributed by atoms with E-state index in [4.69, 9.17) is 9.84 Å². The Balaban J connectivity index is 1.76. The number of nitrogens with zero attached hydrogens (tertiary/aromatic N) is 1. The first-order valence-electron chi connectivity index (χ1n) is 9.84. The quantitative estimate of drug-likeness (QED) is 0.602. The highest BCUT2D eigenvalue weighted by atomic mass is 16.5. The minimum Gasteiger partial charge on any atom is -0.466 e. The molecule has 156 valence electrons. The maximum absolute atomic E-state index is 12.6. The molecule has 8 heteroatoms. The van der Waals surface area contributed by atoms with Gasteiger partial charge in [0.15, 0.2) is 0 Å². The summed E-state index contributed by atoms with van der Waals surface area (Å²) in [6.45, 7) is 1.90. The molecule has 1 aromatic carbocycles. The number of esters is 1. The van der Waals surface area contributed by atoms with Gasteiger partial charge in [-0.05, 0) is 43.5 Å². The van der Waals surface area contributed by atoms with Crippen molar-refractivity contribution in [2.45, 2.75) is 32.6 Å². The molecule has 8 nitrogen and oxygen atoms in total. The van der Waals surface area contributed by atoms with Crippen LogP contribution in [0, 0.1) is 12.8 Å². The molecule has 0 aromatic heterocycles. The van der Waals surface area contributed by atoms with Gasteiger partial charge in [0.2, 0.25) is 5.91 Å². The first-order valence-corrected chi connectivity index (χ1v) is 9.84. The van der Waals surface area contributed by atoms with Crippen LogP contribution in [-0.4, -0.2) is 54.6 Å². The Labute approximate surface area is 169 Å². The molecule has 0 bridgehead atoms. The summed E-state index contributed by atoms with van der Waals surface area (Å²) < 4.78 is 4.79. The predicted molar refractivity (Wildman–Crippen MR) is 108 cm³/mol. The highest BCUT2D eigenvalue weighted by Crippen LogP contribution is 2.28. The Morgan fingerprint density at radius 3 is 2.62 bits per heavy atom. The van der Waals surface area contributed by atoms with Gasteiger partial charge in [-0.15, -0.1) is 0 Å². The molecule has 0 radical (unpaired) electrons. The van der Waals surface area contributed by atoms with Gasteiger partial charge in [0.1, 0.15) is 5.70 Å². The van der Waals surface area contributed by atoms with E-state index in [-0.39, 0.29) is 48.7 Å². The van der Waals surface area contributed by atoms with E-state index in [1.807, 2.05) is 13.0 Å². The predicted octanol–water partition coefficient (Wildman–Crippen LogP) is 1.80. The van der Waals surface area contributed by atoms with Crippen molar-refractivity contribution < 1.29 is 24.2 Å². The minimum absolute atomic E-state index is 0.0487. The molecule has 1 fully saturated rings. The van der Waals surface area contributed by atoms with Crippen LogP contribution in [-0.2, 0) is 19.1 Å². The molecule has 0 atom stereocenters. The summed E-state index contributed by atoms with van der Waals surface area (Å²) in [7, 11) is 1.26. The van der Waals surface area contributed by atoms with E-state index in [0.29, 0.717) is 5.69 Å². The van der Waals surface area contributed by atoms with Crippen molar-refractivity contribution in [1.29, 1.82) is 0 Å². The van der Waals surface area contributed by atoms with E-state index >= 15 is 0 Å². The Morgan fingerprint density at radius 1 is 1.28 bits per heavy atom. The number of nitrogens with one attached hydrogen (secondary N) is 2. The van der Waals surface area contributed by atoms with E-state index in [9.17, 15) is 14.4 Å². The molecule has 3 N–H and O–H groups in total. The smallest absolute Gasteiger partial charge is 0.337 e. The van der Waals surface area contributed by atoms with E-state index in [2.05, 4.69) is 10.6 Å². The monoisotopic (exact) mass is 401 g/mol. The average Bonchev–Trinajstić information content (AvgIpc) is 3.34. The summed E-state index contributed by atoms with van der Waals surface area (Å²) in [5.74, 6) is -0.824. The Bertz CT molecular complexity index is 843. The normalized spacial score (nSPS) is 17.1. The summed E-state index contributed by atoms with van der Waals surface area (Å²) in [4.78, 5) is 38.4. The number of rotatable bonds is 7. The van der Waals surface area contributed by atoms with Crippen molar-refractivity contribution in [3.05, 3.63) is 35.0 Å². The lowest BCUT2D eigenvalue weighted by molar-refractivity contribution is -0.136. The SMILES string of the molecule is COC(=O)C1=C(Nc2ccc(NC(=O)C3CCCC3)c(C)c2)C(=O)N(CCO)C1. The van der Waals surface area contributed by atoms with E-state index in [0.717, 1.165) is 36.9 Å². The second-order valence-electron chi connectivity index (χ2n) is 7.42. The minimum atomic E-state index is -0.585. The van der Waals surface area contributed by atoms with Gasteiger partial charge in [-0.2, -0.15) is 0 Å². The lowest BCUT2D eigenvalue weighted by atomic mass is 10.1. The van der Waals surface area contributed by atoms with Crippen LogP contribution in [0.25, 0.3) is 0 Å². The van der Waals surface area contributed by atoms with Gasteiger partial charge in [0.05, 0.1) is 25.8 Å². The number of anilines is 2. The molecule has 1 aromatic rings. The number of β-amino-alcohol motifs (C(OH)–C–C–N with tert-alkyl or cyclic N) is 1. The standard InChI is InChI=1S/C21H27N3O5/c1-13-11-15(7-8-17(13)23-19(26)14-5-3-4-6-14)22-18-16(21(28)29-2)12-24(9-10-25)20(18)27/h7-8,11,14,22,25H,3-6,9-10,12H2,1-2H3,(H,23,26). The zero-order valence-electron chi connectivity index (χ0n) is 16.8. The molecule has 1 saturated carbocycles. The second kappa shape index (κ2) is 9.09. The highest BCUT2D eigenvalue weighted by molar-refractivity contribution is 6.08. The van der Waals surface area contributed by atoms with Gasteiger partial charge in [-0.1, -0.05) is 12.8 Å². The largest absolute Gasteiger partial charge is 0.466 e. The van der Waals surface area contributed by atoms with Crippen molar-refractivity contribution in [2.24, 2.45) is 5.92 Å². The Kier molecular flexibility index (Phi) is 6.53. The van der Waals surface area contributed by atoms with Gasteiger partial charge in [-0.25, -0.2) is 4.79 Å². The zero-order chi connectivity index (χ0) is 21.0. The maximum atomic E-state index is 12.6. The summed E-state index contributed by atoms with van der Waals surface area (Å²) >= 11 is 0. The van der Waals surface area contributed by atoms with Gasteiger partial charge in [-0.3, -0.25) is 9.59 Å². The second-order valence-corrected chi connectivity index (χ2v) is 7.42. The third kappa shape index (κ3) is 4.59. The number of hydrogen-bond acceptors (Lipinski definition) is 6. The number of amides is 2. The maximum Gasteiger partial charge on any atom is 0.337 e. The van der Waals surface area contributed by atoms with Crippen LogP contribution in [0.1, 0.15) is 31.2 Å². The topological polar surface area (TPSA) is 108 Å². The first-order chi connectivity index (χ1) is 13.9. The lowest BCUT2D eigenvalue weighted by Gasteiger charge is -2.16. The summed E-state index contributed by atoms with van der Waals surface area (Å²) in [5.41, 5.74) is 2.57. The Hall–Kier alpha value is -2.87. The number of carbonyl (C=O) groups excluding carboxylic acids is 3. The van der Waals surface area contributed by atoms with Gasteiger partial charge >= 0.3 is 5.97 Å². The summed E-state index contributed by atoms with van der Waals surface area (Å²) in [6, 6.07) is 5.35. The van der Waals surface area contributed by atoms with Crippen LogP contribution in [0.4, 0.5) is 11.4 Å². The lowest BCUT2D eigenvalue weighted by Crippen LogP contribution is -2.31. The van der Waals surface area contributed by atoms with Crippen LogP contribution in [0.3, 0.4) is 0 Å².